The molecular formula is C28H26O4S. The second-order valence-corrected chi connectivity index (χ2v) is 10.6. The lowest BCUT2D eigenvalue weighted by Gasteiger charge is -2.21. The molecule has 0 fully saturated rings. The summed E-state index contributed by atoms with van der Waals surface area (Å²) in [5.41, 5.74) is 1.89. The SMILES string of the molecule is CC(C)(C)Oc1ccc(S(=O)(=O)c2ccc(Oc3ccc(-c4ccccc4)cc3)cc2)cc1. The molecule has 4 rings (SSSR count). The Bertz CT molecular complexity index is 1300. The maximum atomic E-state index is 13.0. The van der Waals surface area contributed by atoms with Gasteiger partial charge >= 0.3 is 0 Å². The van der Waals surface area contributed by atoms with Crippen molar-refractivity contribution in [3.05, 3.63) is 103 Å². The molecular weight excluding hydrogens is 432 g/mol. The van der Waals surface area contributed by atoms with Crippen LogP contribution in [0.3, 0.4) is 0 Å². The fourth-order valence-corrected chi connectivity index (χ4v) is 4.61. The Labute approximate surface area is 195 Å². The maximum Gasteiger partial charge on any atom is 0.206 e. The molecule has 0 atom stereocenters. The zero-order valence-corrected chi connectivity index (χ0v) is 19.7. The summed E-state index contributed by atoms with van der Waals surface area (Å²) < 4.78 is 37.6. The van der Waals surface area contributed by atoms with E-state index in [0.717, 1.165) is 11.1 Å². The summed E-state index contributed by atoms with van der Waals surface area (Å²) in [7, 11) is -3.64. The van der Waals surface area contributed by atoms with E-state index in [-0.39, 0.29) is 15.4 Å². The van der Waals surface area contributed by atoms with E-state index in [2.05, 4.69) is 12.1 Å². The van der Waals surface area contributed by atoms with Gasteiger partial charge in [0.25, 0.3) is 0 Å². The molecule has 0 unspecified atom stereocenters. The van der Waals surface area contributed by atoms with E-state index in [1.54, 1.807) is 48.5 Å². The summed E-state index contributed by atoms with van der Waals surface area (Å²) in [6.45, 7) is 5.83. The van der Waals surface area contributed by atoms with Crippen LogP contribution in [0.5, 0.6) is 17.2 Å². The quantitative estimate of drug-likeness (QED) is 0.308. The van der Waals surface area contributed by atoms with Gasteiger partial charge in [-0.3, -0.25) is 0 Å². The van der Waals surface area contributed by atoms with Gasteiger partial charge in [-0.1, -0.05) is 42.5 Å². The van der Waals surface area contributed by atoms with Gasteiger partial charge in [-0.15, -0.1) is 0 Å². The normalized spacial score (nSPS) is 11.7. The molecule has 168 valence electrons. The third-order valence-corrected chi connectivity index (χ3v) is 6.67. The summed E-state index contributed by atoms with van der Waals surface area (Å²) in [5.74, 6) is 1.87. The smallest absolute Gasteiger partial charge is 0.206 e. The van der Waals surface area contributed by atoms with Crippen molar-refractivity contribution in [2.75, 3.05) is 0 Å². The zero-order valence-electron chi connectivity index (χ0n) is 18.9. The molecule has 0 saturated heterocycles. The Hall–Kier alpha value is -3.57. The predicted molar refractivity (Wildman–Crippen MR) is 131 cm³/mol. The van der Waals surface area contributed by atoms with Gasteiger partial charge in [-0.05, 0) is 92.6 Å². The third-order valence-electron chi connectivity index (χ3n) is 4.89. The summed E-state index contributed by atoms with van der Waals surface area (Å²) in [6.07, 6.45) is 0. The first-order chi connectivity index (χ1) is 15.7. The van der Waals surface area contributed by atoms with E-state index >= 15 is 0 Å². The molecule has 0 amide bonds. The fraction of sp³-hybridized carbons (Fsp3) is 0.143. The molecule has 0 spiro atoms. The number of sulfone groups is 1. The van der Waals surface area contributed by atoms with Crippen molar-refractivity contribution in [1.82, 2.24) is 0 Å². The fourth-order valence-electron chi connectivity index (χ4n) is 3.35. The molecule has 0 aliphatic carbocycles. The van der Waals surface area contributed by atoms with Crippen LogP contribution < -0.4 is 9.47 Å². The highest BCUT2D eigenvalue weighted by Gasteiger charge is 2.19. The van der Waals surface area contributed by atoms with E-state index in [4.69, 9.17) is 9.47 Å². The van der Waals surface area contributed by atoms with E-state index < -0.39 is 9.84 Å². The van der Waals surface area contributed by atoms with Gasteiger partial charge in [0, 0.05) is 0 Å². The van der Waals surface area contributed by atoms with Crippen LogP contribution in [-0.2, 0) is 9.84 Å². The summed E-state index contributed by atoms with van der Waals surface area (Å²) >= 11 is 0. The van der Waals surface area contributed by atoms with Gasteiger partial charge in [-0.25, -0.2) is 8.42 Å². The molecule has 0 bridgehead atoms. The van der Waals surface area contributed by atoms with Crippen LogP contribution in [0.1, 0.15) is 20.8 Å². The van der Waals surface area contributed by atoms with Crippen molar-refractivity contribution in [2.24, 2.45) is 0 Å². The minimum absolute atomic E-state index is 0.207. The molecule has 0 radical (unpaired) electrons. The van der Waals surface area contributed by atoms with Crippen molar-refractivity contribution in [3.63, 3.8) is 0 Å². The second kappa shape index (κ2) is 9.12. The molecule has 5 heteroatoms. The van der Waals surface area contributed by atoms with Crippen LogP contribution in [0.2, 0.25) is 0 Å². The Balaban J connectivity index is 1.46. The minimum Gasteiger partial charge on any atom is -0.488 e. The molecule has 0 N–H and O–H groups in total. The van der Waals surface area contributed by atoms with Gasteiger partial charge in [0.1, 0.15) is 22.8 Å². The Kier molecular flexibility index (Phi) is 6.25. The van der Waals surface area contributed by atoms with Crippen LogP contribution in [0.4, 0.5) is 0 Å². The second-order valence-electron chi connectivity index (χ2n) is 8.65. The lowest BCUT2D eigenvalue weighted by atomic mass is 10.1. The van der Waals surface area contributed by atoms with Crippen molar-refractivity contribution >= 4 is 9.84 Å². The Morgan fingerprint density at radius 2 is 0.970 bits per heavy atom. The summed E-state index contributed by atoms with van der Waals surface area (Å²) in [6, 6.07) is 30.8. The van der Waals surface area contributed by atoms with Crippen LogP contribution in [0.25, 0.3) is 11.1 Å². The number of rotatable bonds is 6. The molecule has 0 aromatic heterocycles. The Morgan fingerprint density at radius 1 is 0.545 bits per heavy atom. The van der Waals surface area contributed by atoms with E-state index in [1.165, 1.54) is 0 Å². The van der Waals surface area contributed by atoms with Gasteiger partial charge in [0.15, 0.2) is 0 Å². The van der Waals surface area contributed by atoms with Crippen molar-refractivity contribution < 1.29 is 17.9 Å². The predicted octanol–water partition coefficient (Wildman–Crippen LogP) is 7.16. The van der Waals surface area contributed by atoms with Crippen LogP contribution >= 0.6 is 0 Å². The van der Waals surface area contributed by atoms with E-state index in [9.17, 15) is 8.42 Å². The first-order valence-electron chi connectivity index (χ1n) is 10.7. The maximum absolute atomic E-state index is 13.0. The topological polar surface area (TPSA) is 52.6 Å². The van der Waals surface area contributed by atoms with Crippen LogP contribution in [-0.4, -0.2) is 14.0 Å². The third kappa shape index (κ3) is 5.62. The van der Waals surface area contributed by atoms with Crippen molar-refractivity contribution in [3.8, 4) is 28.4 Å². The van der Waals surface area contributed by atoms with Gasteiger partial charge < -0.3 is 9.47 Å². The van der Waals surface area contributed by atoms with Gasteiger partial charge in [0.05, 0.1) is 9.79 Å². The molecule has 4 nitrogen and oxygen atoms in total. The van der Waals surface area contributed by atoms with E-state index in [1.807, 2.05) is 63.2 Å². The first-order valence-corrected chi connectivity index (χ1v) is 12.2. The average Bonchev–Trinajstić information content (AvgIpc) is 2.80. The number of benzene rings is 4. The number of ether oxygens (including phenoxy) is 2. The highest BCUT2D eigenvalue weighted by Crippen LogP contribution is 2.29. The lowest BCUT2D eigenvalue weighted by Crippen LogP contribution is -2.22. The standard InChI is InChI=1S/C28H26O4S/c1-28(2,3)32-25-15-19-27(20-16-25)33(29,30)26-17-13-24(14-18-26)31-23-11-9-22(10-12-23)21-7-5-4-6-8-21/h4-20H,1-3H3. The molecule has 0 aliphatic rings. The van der Waals surface area contributed by atoms with Crippen molar-refractivity contribution in [1.29, 1.82) is 0 Å². The molecule has 4 aromatic carbocycles. The number of hydrogen-bond donors (Lipinski definition) is 0. The minimum atomic E-state index is -3.64. The zero-order chi connectivity index (χ0) is 23.5. The largest absolute Gasteiger partial charge is 0.488 e. The lowest BCUT2D eigenvalue weighted by molar-refractivity contribution is 0.131. The molecule has 33 heavy (non-hydrogen) atoms. The molecule has 0 saturated carbocycles. The first kappa shape index (κ1) is 22.6. The summed E-state index contributed by atoms with van der Waals surface area (Å²) in [4.78, 5) is 0.424. The highest BCUT2D eigenvalue weighted by atomic mass is 32.2. The Morgan fingerprint density at radius 3 is 1.45 bits per heavy atom. The molecule has 0 heterocycles. The van der Waals surface area contributed by atoms with Crippen molar-refractivity contribution in [2.45, 2.75) is 36.2 Å². The number of hydrogen-bond acceptors (Lipinski definition) is 4. The molecule has 4 aromatic rings. The average molecular weight is 459 g/mol. The monoisotopic (exact) mass is 458 g/mol. The highest BCUT2D eigenvalue weighted by molar-refractivity contribution is 7.91. The van der Waals surface area contributed by atoms with Crippen LogP contribution in [0.15, 0.2) is 113 Å². The molecule has 0 aliphatic heterocycles. The van der Waals surface area contributed by atoms with Gasteiger partial charge in [0.2, 0.25) is 9.84 Å². The van der Waals surface area contributed by atoms with E-state index in [0.29, 0.717) is 17.2 Å². The van der Waals surface area contributed by atoms with Crippen LogP contribution in [0, 0.1) is 0 Å². The van der Waals surface area contributed by atoms with Gasteiger partial charge in [-0.2, -0.15) is 0 Å². The summed E-state index contributed by atoms with van der Waals surface area (Å²) in [5, 5.41) is 0.